The predicted molar refractivity (Wildman–Crippen MR) is 106 cm³/mol. The van der Waals surface area contributed by atoms with E-state index in [1.807, 2.05) is 59.5 Å². The molecule has 28 heavy (non-hydrogen) atoms. The normalized spacial score (nSPS) is 16.2. The molecule has 1 amide bonds. The summed E-state index contributed by atoms with van der Waals surface area (Å²) in [6.45, 7) is 4.44. The first kappa shape index (κ1) is 19.9. The number of hydrogen-bond acceptors (Lipinski definition) is 4. The molecule has 0 radical (unpaired) electrons. The molecule has 6 heteroatoms. The lowest BCUT2D eigenvalue weighted by Gasteiger charge is -2.28. The lowest BCUT2D eigenvalue weighted by Crippen LogP contribution is -2.38. The van der Waals surface area contributed by atoms with Crippen molar-refractivity contribution in [3.63, 3.8) is 0 Å². The molecule has 1 aliphatic rings. The molecule has 1 N–H and O–H groups in total. The minimum Gasteiger partial charge on any atom is -0.489 e. The number of carbonyl (C=O) groups excluding carboxylic acids is 1. The van der Waals surface area contributed by atoms with Gasteiger partial charge >= 0.3 is 5.97 Å². The molecule has 0 unspecified atom stereocenters. The zero-order chi connectivity index (χ0) is 19.9. The zero-order valence-corrected chi connectivity index (χ0v) is 16.1. The summed E-state index contributed by atoms with van der Waals surface area (Å²) < 4.78 is 5.79. The van der Waals surface area contributed by atoms with Crippen LogP contribution in [-0.4, -0.2) is 53.0 Å². The Bertz CT molecular complexity index is 792. The summed E-state index contributed by atoms with van der Waals surface area (Å²) in [5.41, 5.74) is 1.80. The lowest BCUT2D eigenvalue weighted by atomic mass is 10.0. The number of carboxylic acids is 1. The molecule has 1 saturated heterocycles. The minimum atomic E-state index is -0.880. The summed E-state index contributed by atoms with van der Waals surface area (Å²) in [4.78, 5) is 27.3. The van der Waals surface area contributed by atoms with E-state index in [2.05, 4.69) is 0 Å². The maximum Gasteiger partial charge on any atom is 0.325 e. The highest BCUT2D eigenvalue weighted by molar-refractivity contribution is 5.76. The van der Waals surface area contributed by atoms with E-state index in [0.717, 1.165) is 17.5 Å². The first-order chi connectivity index (χ1) is 13.5. The molecular weight excluding hydrogens is 356 g/mol. The maximum atomic E-state index is 12.0. The van der Waals surface area contributed by atoms with Crippen LogP contribution in [0.1, 0.15) is 30.5 Å². The fourth-order valence-corrected chi connectivity index (χ4v) is 3.51. The molecule has 0 spiro atoms. The van der Waals surface area contributed by atoms with E-state index < -0.39 is 12.0 Å². The molecule has 0 saturated carbocycles. The smallest absolute Gasteiger partial charge is 0.325 e. The van der Waals surface area contributed by atoms with Crippen molar-refractivity contribution in [2.45, 2.75) is 26.0 Å². The third-order valence-electron chi connectivity index (χ3n) is 5.02. The summed E-state index contributed by atoms with van der Waals surface area (Å²) >= 11 is 0. The van der Waals surface area contributed by atoms with E-state index in [1.54, 1.807) is 11.8 Å². The highest BCUT2D eigenvalue weighted by atomic mass is 16.5. The Balaban J connectivity index is 1.67. The van der Waals surface area contributed by atoms with E-state index in [9.17, 15) is 14.7 Å². The van der Waals surface area contributed by atoms with Gasteiger partial charge in [-0.3, -0.25) is 14.5 Å². The molecule has 0 aliphatic carbocycles. The Morgan fingerprint density at radius 3 is 2.36 bits per heavy atom. The second-order valence-corrected chi connectivity index (χ2v) is 6.98. The average Bonchev–Trinajstić information content (AvgIpc) is 2.94. The number of benzene rings is 2. The van der Waals surface area contributed by atoms with Crippen LogP contribution >= 0.6 is 0 Å². The number of ether oxygens (including phenoxy) is 1. The molecular formula is C22H26N2O4. The van der Waals surface area contributed by atoms with Crippen LogP contribution in [0.25, 0.3) is 0 Å². The van der Waals surface area contributed by atoms with Crippen LogP contribution in [0.15, 0.2) is 54.6 Å². The average molecular weight is 382 g/mol. The molecule has 148 valence electrons. The Labute approximate surface area is 165 Å². The third-order valence-corrected chi connectivity index (χ3v) is 5.02. The highest BCUT2D eigenvalue weighted by Crippen LogP contribution is 2.25. The summed E-state index contributed by atoms with van der Waals surface area (Å²) in [6, 6.07) is 16.4. The summed E-state index contributed by atoms with van der Waals surface area (Å²) in [6.07, 6.45) is 0.766. The first-order valence-corrected chi connectivity index (χ1v) is 9.53. The number of hydrogen-bond donors (Lipinski definition) is 1. The predicted octanol–water partition coefficient (Wildman–Crippen LogP) is 2.95. The second kappa shape index (κ2) is 9.37. The molecule has 0 aromatic heterocycles. The van der Waals surface area contributed by atoms with Crippen LogP contribution in [0.3, 0.4) is 0 Å². The van der Waals surface area contributed by atoms with Crippen LogP contribution in [0, 0.1) is 0 Å². The quantitative estimate of drug-likeness (QED) is 0.832. The molecule has 1 aliphatic heterocycles. The van der Waals surface area contributed by atoms with Gasteiger partial charge in [0, 0.05) is 33.1 Å². The van der Waals surface area contributed by atoms with Gasteiger partial charge in [0.05, 0.1) is 0 Å². The van der Waals surface area contributed by atoms with Crippen molar-refractivity contribution in [3.05, 3.63) is 65.7 Å². The van der Waals surface area contributed by atoms with Crippen molar-refractivity contribution in [3.8, 4) is 5.75 Å². The minimum absolute atomic E-state index is 0.0358. The van der Waals surface area contributed by atoms with Crippen LogP contribution in [-0.2, 0) is 16.2 Å². The molecule has 0 bridgehead atoms. The summed E-state index contributed by atoms with van der Waals surface area (Å²) in [5, 5.41) is 9.81. The van der Waals surface area contributed by atoms with Crippen molar-refractivity contribution in [2.24, 2.45) is 0 Å². The fraction of sp³-hybridized carbons (Fsp3) is 0.364. The molecule has 3 rings (SSSR count). The van der Waals surface area contributed by atoms with Gasteiger partial charge in [-0.25, -0.2) is 0 Å². The van der Waals surface area contributed by atoms with Crippen molar-refractivity contribution >= 4 is 11.9 Å². The van der Waals surface area contributed by atoms with E-state index in [0.29, 0.717) is 38.5 Å². The molecule has 2 aromatic carbocycles. The largest absolute Gasteiger partial charge is 0.489 e. The Morgan fingerprint density at radius 1 is 1.00 bits per heavy atom. The fourth-order valence-electron chi connectivity index (χ4n) is 3.51. The maximum absolute atomic E-state index is 12.0. The van der Waals surface area contributed by atoms with E-state index in [-0.39, 0.29) is 5.91 Å². The lowest BCUT2D eigenvalue weighted by molar-refractivity contribution is -0.143. The van der Waals surface area contributed by atoms with Gasteiger partial charge in [0.15, 0.2) is 0 Å². The summed E-state index contributed by atoms with van der Waals surface area (Å²) in [5.74, 6) is -0.141. The third kappa shape index (κ3) is 5.10. The Kier molecular flexibility index (Phi) is 6.66. The first-order valence-electron chi connectivity index (χ1n) is 9.53. The van der Waals surface area contributed by atoms with Gasteiger partial charge in [-0.15, -0.1) is 0 Å². The van der Waals surface area contributed by atoms with Crippen LogP contribution in [0.5, 0.6) is 5.75 Å². The van der Waals surface area contributed by atoms with Crippen molar-refractivity contribution in [1.29, 1.82) is 0 Å². The van der Waals surface area contributed by atoms with Crippen LogP contribution < -0.4 is 4.74 Å². The number of carboxylic acid groups (broad SMARTS) is 1. The molecule has 1 heterocycles. The SMILES string of the molecule is CC(=O)N1CCCN([C@@H](C(=O)O)c2ccc(OCc3ccccc3)cc2)CC1. The van der Waals surface area contributed by atoms with E-state index >= 15 is 0 Å². The van der Waals surface area contributed by atoms with E-state index in [1.165, 1.54) is 0 Å². The number of nitrogens with zero attached hydrogens (tertiary/aromatic N) is 2. The monoisotopic (exact) mass is 382 g/mol. The van der Waals surface area contributed by atoms with Gasteiger partial charge < -0.3 is 14.7 Å². The van der Waals surface area contributed by atoms with E-state index in [4.69, 9.17) is 4.74 Å². The number of carbonyl (C=O) groups is 2. The molecule has 1 fully saturated rings. The summed E-state index contributed by atoms with van der Waals surface area (Å²) in [7, 11) is 0. The van der Waals surface area contributed by atoms with Crippen LogP contribution in [0.2, 0.25) is 0 Å². The van der Waals surface area contributed by atoms with Gasteiger partial charge in [-0.2, -0.15) is 0 Å². The zero-order valence-electron chi connectivity index (χ0n) is 16.1. The van der Waals surface area contributed by atoms with Gasteiger partial charge in [0.2, 0.25) is 5.91 Å². The Hall–Kier alpha value is -2.86. The second-order valence-electron chi connectivity index (χ2n) is 6.98. The Morgan fingerprint density at radius 2 is 1.71 bits per heavy atom. The highest BCUT2D eigenvalue weighted by Gasteiger charge is 2.29. The number of aliphatic carboxylic acids is 1. The van der Waals surface area contributed by atoms with Crippen molar-refractivity contribution in [2.75, 3.05) is 26.2 Å². The number of rotatable bonds is 6. The van der Waals surface area contributed by atoms with Crippen molar-refractivity contribution < 1.29 is 19.4 Å². The standard InChI is InChI=1S/C22H26N2O4/c1-17(25)23-12-5-13-24(15-14-23)21(22(26)27)19-8-10-20(11-9-19)28-16-18-6-3-2-4-7-18/h2-4,6-11,21H,5,12-16H2,1H3,(H,26,27)/t21-/m1/s1. The van der Waals surface area contributed by atoms with Crippen molar-refractivity contribution in [1.82, 2.24) is 9.80 Å². The van der Waals surface area contributed by atoms with Gasteiger partial charge in [-0.05, 0) is 29.7 Å². The van der Waals surface area contributed by atoms with Gasteiger partial charge in [-0.1, -0.05) is 42.5 Å². The molecule has 2 aromatic rings. The van der Waals surface area contributed by atoms with Gasteiger partial charge in [0.1, 0.15) is 18.4 Å². The molecule has 6 nitrogen and oxygen atoms in total. The topological polar surface area (TPSA) is 70.1 Å². The number of amides is 1. The van der Waals surface area contributed by atoms with Gasteiger partial charge in [0.25, 0.3) is 0 Å². The van der Waals surface area contributed by atoms with Crippen LogP contribution in [0.4, 0.5) is 0 Å². The molecule has 1 atom stereocenters.